The Balaban J connectivity index is 2.56. The van der Waals surface area contributed by atoms with Crippen molar-refractivity contribution in [2.24, 2.45) is 11.7 Å². The van der Waals surface area contributed by atoms with Crippen LogP contribution in [0.4, 0.5) is 0 Å². The zero-order chi connectivity index (χ0) is 12.4. The number of fused-ring (bicyclic) bond motifs is 1. The number of aromatic nitrogens is 1. The molecule has 0 aliphatic heterocycles. The van der Waals surface area contributed by atoms with Gasteiger partial charge in [-0.25, -0.2) is 0 Å². The van der Waals surface area contributed by atoms with Gasteiger partial charge in [0.05, 0.1) is 0 Å². The maximum Gasteiger partial charge on any atom is 0.0459 e. The van der Waals surface area contributed by atoms with Crippen LogP contribution in [0.25, 0.3) is 10.9 Å². The van der Waals surface area contributed by atoms with Crippen LogP contribution < -0.4 is 11.1 Å². The molecule has 0 bridgehead atoms. The number of H-pyrrole nitrogens is 1. The molecule has 4 N–H and O–H groups in total. The summed E-state index contributed by atoms with van der Waals surface area (Å²) in [6, 6.07) is 8.73. The Kier molecular flexibility index (Phi) is 3.50. The van der Waals surface area contributed by atoms with Crippen LogP contribution in [0.1, 0.15) is 24.2 Å². The Morgan fingerprint density at radius 2 is 2.06 bits per heavy atom. The number of rotatable bonds is 4. The molecule has 0 aliphatic rings. The summed E-state index contributed by atoms with van der Waals surface area (Å²) in [5.74, 6) is 0.415. The molecule has 2 aromatic rings. The minimum Gasteiger partial charge on any atom is -0.358 e. The third-order valence-electron chi connectivity index (χ3n) is 3.51. The van der Waals surface area contributed by atoms with E-state index in [-0.39, 0.29) is 0 Å². The molecule has 1 aromatic carbocycles. The molecule has 2 rings (SSSR count). The van der Waals surface area contributed by atoms with Crippen molar-refractivity contribution in [3.05, 3.63) is 35.5 Å². The molecule has 0 radical (unpaired) electrons. The minimum absolute atomic E-state index is 0.302. The van der Waals surface area contributed by atoms with Gasteiger partial charge in [-0.3, -0.25) is 0 Å². The molecule has 92 valence electrons. The predicted molar refractivity (Wildman–Crippen MR) is 73.1 cm³/mol. The van der Waals surface area contributed by atoms with E-state index in [0.717, 1.165) is 0 Å². The molecule has 17 heavy (non-hydrogen) atoms. The molecule has 3 heteroatoms. The minimum atomic E-state index is 0.302. The monoisotopic (exact) mass is 231 g/mol. The zero-order valence-electron chi connectivity index (χ0n) is 10.7. The fraction of sp³-hybridized carbons (Fsp3) is 0.429. The van der Waals surface area contributed by atoms with E-state index in [1.54, 1.807) is 0 Å². The Hall–Kier alpha value is -1.32. The Morgan fingerprint density at radius 1 is 1.35 bits per heavy atom. The second kappa shape index (κ2) is 4.90. The molecule has 0 amide bonds. The zero-order valence-corrected chi connectivity index (χ0v) is 10.7. The first-order chi connectivity index (χ1) is 8.19. The smallest absolute Gasteiger partial charge is 0.0459 e. The molecule has 1 aromatic heterocycles. The van der Waals surface area contributed by atoms with Gasteiger partial charge in [0, 0.05) is 22.6 Å². The summed E-state index contributed by atoms with van der Waals surface area (Å²) in [5.41, 5.74) is 9.57. The number of hydrogen-bond donors (Lipinski definition) is 3. The van der Waals surface area contributed by atoms with Gasteiger partial charge in [-0.2, -0.15) is 0 Å². The largest absolute Gasteiger partial charge is 0.358 e. The van der Waals surface area contributed by atoms with Crippen LogP contribution in [0.15, 0.2) is 24.3 Å². The summed E-state index contributed by atoms with van der Waals surface area (Å²) < 4.78 is 0. The highest BCUT2D eigenvalue weighted by Gasteiger charge is 2.21. The number of benzene rings is 1. The van der Waals surface area contributed by atoms with Gasteiger partial charge in [0.1, 0.15) is 0 Å². The van der Waals surface area contributed by atoms with Crippen molar-refractivity contribution >= 4 is 10.9 Å². The molecule has 0 fully saturated rings. The maximum absolute atomic E-state index is 5.80. The number of para-hydroxylation sites is 1. The average Bonchev–Trinajstić information content (AvgIpc) is 2.67. The van der Waals surface area contributed by atoms with E-state index >= 15 is 0 Å². The summed E-state index contributed by atoms with van der Waals surface area (Å²) >= 11 is 0. The van der Waals surface area contributed by atoms with Crippen molar-refractivity contribution in [3.8, 4) is 0 Å². The lowest BCUT2D eigenvalue weighted by Gasteiger charge is -2.23. The van der Waals surface area contributed by atoms with E-state index in [9.17, 15) is 0 Å². The van der Waals surface area contributed by atoms with Gasteiger partial charge in [-0.1, -0.05) is 25.1 Å². The van der Waals surface area contributed by atoms with E-state index in [0.29, 0.717) is 18.5 Å². The lowest BCUT2D eigenvalue weighted by atomic mass is 9.92. The van der Waals surface area contributed by atoms with Crippen molar-refractivity contribution in [2.75, 3.05) is 13.6 Å². The Morgan fingerprint density at radius 3 is 2.71 bits per heavy atom. The van der Waals surface area contributed by atoms with E-state index in [2.05, 4.69) is 48.4 Å². The Labute approximate surface area is 102 Å². The second-order valence-corrected chi connectivity index (χ2v) is 4.69. The standard InChI is InChI=1S/C14H21N3/c1-9(8-15)14(16-3)13-10(2)17-12-7-5-4-6-11(12)13/h4-7,9,14,16-17H,8,15H2,1-3H3. The van der Waals surface area contributed by atoms with Gasteiger partial charge < -0.3 is 16.0 Å². The number of nitrogens with one attached hydrogen (secondary N) is 2. The van der Waals surface area contributed by atoms with Gasteiger partial charge in [-0.15, -0.1) is 0 Å². The van der Waals surface area contributed by atoms with Crippen LogP contribution in [-0.4, -0.2) is 18.6 Å². The SMILES string of the molecule is CNC(c1c(C)[nH]c2ccccc12)C(C)CN. The molecule has 0 saturated carbocycles. The first-order valence-electron chi connectivity index (χ1n) is 6.13. The van der Waals surface area contributed by atoms with Crippen LogP contribution in [-0.2, 0) is 0 Å². The second-order valence-electron chi connectivity index (χ2n) is 4.69. The maximum atomic E-state index is 5.80. The van der Waals surface area contributed by atoms with Crippen molar-refractivity contribution in [3.63, 3.8) is 0 Å². The van der Waals surface area contributed by atoms with Crippen LogP contribution >= 0.6 is 0 Å². The quantitative estimate of drug-likeness (QED) is 0.756. The Bertz CT molecular complexity index is 501. The van der Waals surface area contributed by atoms with Gasteiger partial charge in [-0.05, 0) is 38.1 Å². The fourth-order valence-corrected chi connectivity index (χ4v) is 2.55. The van der Waals surface area contributed by atoms with Gasteiger partial charge in [0.15, 0.2) is 0 Å². The molecule has 0 aliphatic carbocycles. The van der Waals surface area contributed by atoms with Gasteiger partial charge in [0.25, 0.3) is 0 Å². The predicted octanol–water partition coefficient (Wildman–Crippen LogP) is 2.33. The molecule has 0 spiro atoms. The highest BCUT2D eigenvalue weighted by atomic mass is 14.9. The summed E-state index contributed by atoms with van der Waals surface area (Å²) in [7, 11) is 2.00. The van der Waals surface area contributed by atoms with Crippen molar-refractivity contribution < 1.29 is 0 Å². The lowest BCUT2D eigenvalue weighted by molar-refractivity contribution is 0.420. The molecular formula is C14H21N3. The fourth-order valence-electron chi connectivity index (χ4n) is 2.55. The van der Waals surface area contributed by atoms with Crippen LogP contribution in [0.5, 0.6) is 0 Å². The number of aryl methyl sites for hydroxylation is 1. The third-order valence-corrected chi connectivity index (χ3v) is 3.51. The highest BCUT2D eigenvalue weighted by Crippen LogP contribution is 2.31. The van der Waals surface area contributed by atoms with E-state index in [4.69, 9.17) is 5.73 Å². The van der Waals surface area contributed by atoms with Crippen LogP contribution in [0.3, 0.4) is 0 Å². The number of hydrogen-bond acceptors (Lipinski definition) is 2. The average molecular weight is 231 g/mol. The topological polar surface area (TPSA) is 53.8 Å². The first kappa shape index (κ1) is 12.1. The van der Waals surface area contributed by atoms with Gasteiger partial charge in [0.2, 0.25) is 0 Å². The number of nitrogens with two attached hydrogens (primary N) is 1. The highest BCUT2D eigenvalue weighted by molar-refractivity contribution is 5.85. The summed E-state index contributed by atoms with van der Waals surface area (Å²) in [6.07, 6.45) is 0. The van der Waals surface area contributed by atoms with Crippen LogP contribution in [0, 0.1) is 12.8 Å². The summed E-state index contributed by atoms with van der Waals surface area (Å²) in [5, 5.41) is 4.68. The van der Waals surface area contributed by atoms with Crippen molar-refractivity contribution in [2.45, 2.75) is 19.9 Å². The third kappa shape index (κ3) is 2.08. The van der Waals surface area contributed by atoms with Gasteiger partial charge >= 0.3 is 0 Å². The molecule has 0 saturated heterocycles. The molecule has 2 unspecified atom stereocenters. The molecule has 1 heterocycles. The molecular weight excluding hydrogens is 210 g/mol. The lowest BCUT2D eigenvalue weighted by Crippen LogP contribution is -2.28. The van der Waals surface area contributed by atoms with E-state index in [1.807, 2.05) is 7.05 Å². The number of aromatic amines is 1. The normalized spacial score (nSPS) is 15.1. The van der Waals surface area contributed by atoms with Crippen molar-refractivity contribution in [1.29, 1.82) is 0 Å². The van der Waals surface area contributed by atoms with E-state index in [1.165, 1.54) is 22.2 Å². The molecule has 2 atom stereocenters. The molecule has 3 nitrogen and oxygen atoms in total. The van der Waals surface area contributed by atoms with E-state index < -0.39 is 0 Å². The summed E-state index contributed by atoms with van der Waals surface area (Å²) in [6.45, 7) is 5.00. The summed E-state index contributed by atoms with van der Waals surface area (Å²) in [4.78, 5) is 3.44. The van der Waals surface area contributed by atoms with Crippen molar-refractivity contribution in [1.82, 2.24) is 10.3 Å². The van der Waals surface area contributed by atoms with Crippen LogP contribution in [0.2, 0.25) is 0 Å². The first-order valence-corrected chi connectivity index (χ1v) is 6.13.